The van der Waals surface area contributed by atoms with E-state index in [1.165, 1.54) is 12.1 Å². The maximum absolute atomic E-state index is 13.3. The van der Waals surface area contributed by atoms with Gasteiger partial charge in [-0.05, 0) is 31.2 Å². The maximum Gasteiger partial charge on any atom is 0.208 e. The summed E-state index contributed by atoms with van der Waals surface area (Å²) in [5.74, 6) is 1.30. The molecule has 2 heterocycles. The minimum Gasteiger partial charge on any atom is -0.444 e. The third kappa shape index (κ3) is 4.25. The molecule has 0 saturated carbocycles. The van der Waals surface area contributed by atoms with E-state index in [-0.39, 0.29) is 5.82 Å². The molecule has 3 rings (SSSR count). The van der Waals surface area contributed by atoms with Crippen LogP contribution in [0.2, 0.25) is 0 Å². The van der Waals surface area contributed by atoms with Gasteiger partial charge in [0.05, 0.1) is 24.4 Å². The fourth-order valence-corrected chi connectivity index (χ4v) is 3.27. The number of benzene rings is 1. The lowest BCUT2D eigenvalue weighted by molar-refractivity contribution is 0.204. The van der Waals surface area contributed by atoms with Crippen LogP contribution in [0.3, 0.4) is 0 Å². The van der Waals surface area contributed by atoms with Crippen LogP contribution in [0.1, 0.15) is 36.1 Å². The van der Waals surface area contributed by atoms with Gasteiger partial charge in [0.15, 0.2) is 0 Å². The molecule has 25 heavy (non-hydrogen) atoms. The molecule has 2 aromatic rings. The summed E-state index contributed by atoms with van der Waals surface area (Å²) in [7, 11) is 2.09. The zero-order chi connectivity index (χ0) is 17.8. The van der Waals surface area contributed by atoms with E-state index in [9.17, 15) is 9.65 Å². The molecule has 0 spiro atoms. The number of aromatic nitrogens is 1. The van der Waals surface area contributed by atoms with Crippen LogP contribution in [0.4, 0.5) is 4.39 Å². The van der Waals surface area contributed by atoms with E-state index in [4.69, 9.17) is 4.42 Å². The van der Waals surface area contributed by atoms with Crippen LogP contribution >= 0.6 is 0 Å². The lowest BCUT2D eigenvalue weighted by atomic mass is 10.1. The number of hydrogen-bond acceptors (Lipinski definition) is 5. The molecular weight excluding hydrogens is 319 g/mol. The lowest BCUT2D eigenvalue weighted by Gasteiger charge is -2.23. The number of halogens is 1. The van der Waals surface area contributed by atoms with Crippen LogP contribution < -0.4 is 0 Å². The molecule has 132 valence electrons. The average molecular weight is 342 g/mol. The number of oxazole rings is 1. The number of aryl methyl sites for hydroxylation is 1. The highest BCUT2D eigenvalue weighted by atomic mass is 19.1. The summed E-state index contributed by atoms with van der Waals surface area (Å²) in [6, 6.07) is 6.95. The number of nitriles is 1. The molecule has 1 atom stereocenters. The summed E-state index contributed by atoms with van der Waals surface area (Å²) in [5.41, 5.74) is 1.30. The summed E-state index contributed by atoms with van der Waals surface area (Å²) in [5, 5.41) is 9.18. The van der Waals surface area contributed by atoms with Gasteiger partial charge in [0.1, 0.15) is 11.6 Å². The summed E-state index contributed by atoms with van der Waals surface area (Å²) in [6.45, 7) is 5.29. The number of nitrogens with zero attached hydrogens (tertiary/aromatic N) is 4. The van der Waals surface area contributed by atoms with Crippen molar-refractivity contribution >= 4 is 0 Å². The molecule has 1 aliphatic rings. The molecule has 0 N–H and O–H groups in total. The quantitative estimate of drug-likeness (QED) is 0.808. The molecule has 5 nitrogen and oxygen atoms in total. The standard InChI is InChI=1S/C19H23FN4O/c1-3-18-10-22-19(25-18)13-23(2)17-6-7-24(12-17)11-14-4-5-16(20)8-15(14)9-21/h4-5,8,10,17H,3,6-7,11-13H2,1-2H3/t17-/m1/s1. The topological polar surface area (TPSA) is 56.3 Å². The summed E-state index contributed by atoms with van der Waals surface area (Å²) in [4.78, 5) is 8.90. The molecular formula is C19H23FN4O. The molecule has 1 aromatic heterocycles. The lowest BCUT2D eigenvalue weighted by Crippen LogP contribution is -2.34. The van der Waals surface area contributed by atoms with Gasteiger partial charge in [-0.1, -0.05) is 13.0 Å². The first-order chi connectivity index (χ1) is 12.1. The second kappa shape index (κ2) is 7.77. The molecule has 0 bridgehead atoms. The molecule has 0 radical (unpaired) electrons. The molecule has 6 heteroatoms. The van der Waals surface area contributed by atoms with Crippen LogP contribution in [0.5, 0.6) is 0 Å². The van der Waals surface area contributed by atoms with Crippen molar-refractivity contribution < 1.29 is 8.81 Å². The Morgan fingerprint density at radius 3 is 3.04 bits per heavy atom. The van der Waals surface area contributed by atoms with Gasteiger partial charge in [-0.25, -0.2) is 9.37 Å². The van der Waals surface area contributed by atoms with Gasteiger partial charge in [0.2, 0.25) is 5.89 Å². The fraction of sp³-hybridized carbons (Fsp3) is 0.474. The van der Waals surface area contributed by atoms with Crippen LogP contribution in [0.15, 0.2) is 28.8 Å². The largest absolute Gasteiger partial charge is 0.444 e. The van der Waals surface area contributed by atoms with Gasteiger partial charge in [0.25, 0.3) is 0 Å². The third-order valence-corrected chi connectivity index (χ3v) is 4.79. The summed E-state index contributed by atoms with van der Waals surface area (Å²) in [6.07, 6.45) is 3.70. The Balaban J connectivity index is 1.57. The van der Waals surface area contributed by atoms with E-state index < -0.39 is 0 Å². The number of likely N-dealkylation sites (tertiary alicyclic amines) is 1. The van der Waals surface area contributed by atoms with E-state index in [1.54, 1.807) is 12.3 Å². The van der Waals surface area contributed by atoms with Crippen molar-refractivity contribution in [1.82, 2.24) is 14.8 Å². The van der Waals surface area contributed by atoms with Crippen molar-refractivity contribution in [3.8, 4) is 6.07 Å². The van der Waals surface area contributed by atoms with Gasteiger partial charge in [0, 0.05) is 32.1 Å². The van der Waals surface area contributed by atoms with E-state index in [0.717, 1.165) is 43.1 Å². The Morgan fingerprint density at radius 2 is 2.32 bits per heavy atom. The summed E-state index contributed by atoms with van der Waals surface area (Å²) < 4.78 is 19.0. The Kier molecular flexibility index (Phi) is 5.47. The smallest absolute Gasteiger partial charge is 0.208 e. The van der Waals surface area contributed by atoms with Crippen LogP contribution in [0, 0.1) is 17.1 Å². The predicted molar refractivity (Wildman–Crippen MR) is 92.1 cm³/mol. The highest BCUT2D eigenvalue weighted by Crippen LogP contribution is 2.21. The van der Waals surface area contributed by atoms with Crippen LogP contribution in [0.25, 0.3) is 0 Å². The van der Waals surface area contributed by atoms with Gasteiger partial charge in [-0.3, -0.25) is 9.80 Å². The normalized spacial score (nSPS) is 18.0. The molecule has 0 unspecified atom stereocenters. The highest BCUT2D eigenvalue weighted by Gasteiger charge is 2.27. The van der Waals surface area contributed by atoms with Crippen molar-refractivity contribution in [2.24, 2.45) is 0 Å². The van der Waals surface area contributed by atoms with Crippen molar-refractivity contribution in [3.63, 3.8) is 0 Å². The van der Waals surface area contributed by atoms with E-state index in [1.807, 2.05) is 6.92 Å². The Morgan fingerprint density at radius 1 is 1.48 bits per heavy atom. The van der Waals surface area contributed by atoms with E-state index in [2.05, 4.69) is 27.9 Å². The maximum atomic E-state index is 13.3. The monoisotopic (exact) mass is 342 g/mol. The molecule has 1 saturated heterocycles. The first kappa shape index (κ1) is 17.6. The van der Waals surface area contributed by atoms with Gasteiger partial charge >= 0.3 is 0 Å². The molecule has 1 aromatic carbocycles. The molecule has 1 fully saturated rings. The van der Waals surface area contributed by atoms with Crippen molar-refractivity contribution in [3.05, 3.63) is 53.0 Å². The second-order valence-electron chi connectivity index (χ2n) is 6.58. The number of hydrogen-bond donors (Lipinski definition) is 0. The van der Waals surface area contributed by atoms with Gasteiger partial charge < -0.3 is 4.42 Å². The van der Waals surface area contributed by atoms with Crippen LogP contribution in [-0.2, 0) is 19.5 Å². The fourth-order valence-electron chi connectivity index (χ4n) is 3.27. The van der Waals surface area contributed by atoms with Crippen molar-refractivity contribution in [2.45, 2.75) is 38.9 Å². The zero-order valence-corrected chi connectivity index (χ0v) is 14.7. The Hall–Kier alpha value is -2.23. The number of rotatable bonds is 6. The zero-order valence-electron chi connectivity index (χ0n) is 14.7. The average Bonchev–Trinajstić information content (AvgIpc) is 3.25. The molecule has 1 aliphatic heterocycles. The highest BCUT2D eigenvalue weighted by molar-refractivity contribution is 5.37. The van der Waals surface area contributed by atoms with Gasteiger partial charge in [-0.2, -0.15) is 5.26 Å². The second-order valence-corrected chi connectivity index (χ2v) is 6.58. The van der Waals surface area contributed by atoms with Crippen molar-refractivity contribution in [1.29, 1.82) is 5.26 Å². The summed E-state index contributed by atoms with van der Waals surface area (Å²) >= 11 is 0. The van der Waals surface area contributed by atoms with E-state index >= 15 is 0 Å². The first-order valence-corrected chi connectivity index (χ1v) is 8.63. The van der Waals surface area contributed by atoms with E-state index in [0.29, 0.717) is 24.7 Å². The van der Waals surface area contributed by atoms with Crippen LogP contribution in [-0.4, -0.2) is 41.0 Å². The van der Waals surface area contributed by atoms with Gasteiger partial charge in [-0.15, -0.1) is 0 Å². The minimum absolute atomic E-state index is 0.364. The predicted octanol–water partition coefficient (Wildman–Crippen LogP) is 2.95. The first-order valence-electron chi connectivity index (χ1n) is 8.63. The minimum atomic E-state index is -0.364. The van der Waals surface area contributed by atoms with Crippen molar-refractivity contribution in [2.75, 3.05) is 20.1 Å². The SMILES string of the molecule is CCc1cnc(CN(C)[C@@H]2CCN(Cc3ccc(F)cc3C#N)C2)o1. The number of likely N-dealkylation sites (N-methyl/N-ethyl adjacent to an activating group) is 1. The molecule has 0 aliphatic carbocycles. The molecule has 0 amide bonds. The Bertz CT molecular complexity index is 767. The Labute approximate surface area is 147 Å². The third-order valence-electron chi connectivity index (χ3n) is 4.79.